The number of hydrogen-bond acceptors (Lipinski definition) is 5. The smallest absolute Gasteiger partial charge is 0.339 e. The van der Waals surface area contributed by atoms with Gasteiger partial charge in [-0.3, -0.25) is 10.1 Å². The Morgan fingerprint density at radius 1 is 1.07 bits per heavy atom. The zero-order valence-corrected chi connectivity index (χ0v) is 15.7. The fraction of sp³-hybridized carbons (Fsp3) is 0.238. The first-order chi connectivity index (χ1) is 13.5. The van der Waals surface area contributed by atoms with Crippen LogP contribution in [-0.2, 0) is 9.53 Å². The first-order valence-corrected chi connectivity index (χ1v) is 8.82. The molecule has 7 nitrogen and oxygen atoms in total. The molecule has 0 aliphatic rings. The molecule has 2 aromatic carbocycles. The molecule has 0 aliphatic carbocycles. The Morgan fingerprint density at radius 3 is 2.39 bits per heavy atom. The molecule has 3 amide bonds. The highest BCUT2D eigenvalue weighted by molar-refractivity contribution is 6.00. The van der Waals surface area contributed by atoms with E-state index in [1.807, 2.05) is 6.92 Å². The molecule has 0 saturated heterocycles. The molecule has 7 heteroatoms. The number of ether oxygens (including phenoxy) is 1. The maximum Gasteiger partial charge on any atom is 0.339 e. The number of imide groups is 1. The van der Waals surface area contributed by atoms with Gasteiger partial charge in [0.25, 0.3) is 5.91 Å². The third-order valence-electron chi connectivity index (χ3n) is 4.06. The van der Waals surface area contributed by atoms with Crippen molar-refractivity contribution in [2.75, 3.05) is 6.61 Å². The Bertz CT molecular complexity index is 918. The quantitative estimate of drug-likeness (QED) is 0.750. The summed E-state index contributed by atoms with van der Waals surface area (Å²) in [6.07, 6.45) is 0.720. The summed E-state index contributed by atoms with van der Waals surface area (Å²) in [5, 5.41) is 14.0. The second kappa shape index (κ2) is 9.88. The van der Waals surface area contributed by atoms with Gasteiger partial charge in [0.2, 0.25) is 0 Å². The maximum absolute atomic E-state index is 12.5. The summed E-state index contributed by atoms with van der Waals surface area (Å²) in [4.78, 5) is 35.9. The van der Waals surface area contributed by atoms with E-state index in [4.69, 9.17) is 4.74 Å². The molecule has 1 atom stereocenters. The molecule has 0 spiro atoms. The van der Waals surface area contributed by atoms with Gasteiger partial charge in [-0.1, -0.05) is 43.3 Å². The highest BCUT2D eigenvalue weighted by Crippen LogP contribution is 2.27. The Morgan fingerprint density at radius 2 is 1.71 bits per heavy atom. The Balaban J connectivity index is 2.07. The molecule has 0 aromatic heterocycles. The Hall–Kier alpha value is -3.66. The lowest BCUT2D eigenvalue weighted by Gasteiger charge is -2.13. The van der Waals surface area contributed by atoms with Gasteiger partial charge in [-0.15, -0.1) is 0 Å². The van der Waals surface area contributed by atoms with Gasteiger partial charge in [-0.05, 0) is 31.0 Å². The topological polar surface area (TPSA) is 108 Å². The van der Waals surface area contributed by atoms with E-state index in [1.165, 1.54) is 0 Å². The van der Waals surface area contributed by atoms with Gasteiger partial charge in [-0.25, -0.2) is 9.59 Å². The minimum Gasteiger partial charge on any atom is -0.452 e. The van der Waals surface area contributed by atoms with Crippen LogP contribution in [0, 0.1) is 11.3 Å². The zero-order chi connectivity index (χ0) is 20.5. The van der Waals surface area contributed by atoms with Crippen molar-refractivity contribution in [3.63, 3.8) is 0 Å². The molecule has 0 fully saturated rings. The summed E-state index contributed by atoms with van der Waals surface area (Å²) in [6, 6.07) is 14.9. The molecule has 2 N–H and O–H groups in total. The Kier molecular flexibility index (Phi) is 7.28. The van der Waals surface area contributed by atoms with Gasteiger partial charge in [0.15, 0.2) is 6.61 Å². The van der Waals surface area contributed by atoms with Crippen LogP contribution in [0.1, 0.15) is 36.2 Å². The average molecular weight is 379 g/mol. The van der Waals surface area contributed by atoms with Crippen molar-refractivity contribution in [2.24, 2.45) is 0 Å². The molecule has 28 heavy (non-hydrogen) atoms. The molecular weight excluding hydrogens is 358 g/mol. The normalized spacial score (nSPS) is 11.0. The average Bonchev–Trinajstić information content (AvgIpc) is 2.71. The van der Waals surface area contributed by atoms with E-state index in [2.05, 4.69) is 16.7 Å². The van der Waals surface area contributed by atoms with Crippen LogP contribution >= 0.6 is 0 Å². The van der Waals surface area contributed by atoms with Crippen molar-refractivity contribution >= 4 is 17.9 Å². The summed E-state index contributed by atoms with van der Waals surface area (Å²) >= 11 is 0. The van der Waals surface area contributed by atoms with Gasteiger partial charge in [0, 0.05) is 11.6 Å². The van der Waals surface area contributed by atoms with Crippen molar-refractivity contribution in [2.45, 2.75) is 26.3 Å². The second-order valence-electron chi connectivity index (χ2n) is 6.11. The number of carbonyl (C=O) groups is 3. The van der Waals surface area contributed by atoms with E-state index in [-0.39, 0.29) is 11.6 Å². The standard InChI is InChI=1S/C21H21N3O4/c1-3-14(2)23-21(27)24-19(25)13-28-20(26)18-11-7-6-10-17(18)16-9-5-4-8-15(16)12-22/h4-11,14H,3,13H2,1-2H3,(H2,23,24,25,27)/t14-/m0/s1. The van der Waals surface area contributed by atoms with Crippen LogP contribution in [-0.4, -0.2) is 30.6 Å². The fourth-order valence-electron chi connectivity index (χ4n) is 2.44. The lowest BCUT2D eigenvalue weighted by atomic mass is 9.96. The molecule has 0 radical (unpaired) electrons. The predicted octanol–water partition coefficient (Wildman–Crippen LogP) is 3.01. The first-order valence-electron chi connectivity index (χ1n) is 8.82. The third kappa shape index (κ3) is 5.42. The molecule has 144 valence electrons. The number of nitriles is 1. The van der Waals surface area contributed by atoms with Crippen LogP contribution in [0.5, 0.6) is 0 Å². The van der Waals surface area contributed by atoms with Crippen molar-refractivity contribution in [3.8, 4) is 17.2 Å². The van der Waals surface area contributed by atoms with Gasteiger partial charge in [0.1, 0.15) is 0 Å². The van der Waals surface area contributed by atoms with Gasteiger partial charge < -0.3 is 10.1 Å². The van der Waals surface area contributed by atoms with Crippen LogP contribution in [0.3, 0.4) is 0 Å². The number of nitrogens with zero attached hydrogens (tertiary/aromatic N) is 1. The summed E-state index contributed by atoms with van der Waals surface area (Å²) in [6.45, 7) is 3.11. The number of hydrogen-bond donors (Lipinski definition) is 2. The Labute approximate surface area is 163 Å². The molecule has 0 bridgehead atoms. The number of rotatable bonds is 6. The lowest BCUT2D eigenvalue weighted by molar-refractivity contribution is -0.123. The molecule has 0 aliphatic heterocycles. The van der Waals surface area contributed by atoms with E-state index in [0.717, 1.165) is 6.42 Å². The first kappa shape index (κ1) is 20.6. The number of benzene rings is 2. The fourth-order valence-corrected chi connectivity index (χ4v) is 2.44. The van der Waals surface area contributed by atoms with E-state index < -0.39 is 24.5 Å². The molecule has 2 aromatic rings. The third-order valence-corrected chi connectivity index (χ3v) is 4.06. The number of nitrogens with one attached hydrogen (secondary N) is 2. The van der Waals surface area contributed by atoms with Crippen LogP contribution in [0.25, 0.3) is 11.1 Å². The van der Waals surface area contributed by atoms with Crippen LogP contribution in [0.2, 0.25) is 0 Å². The minimum absolute atomic E-state index is 0.0811. The number of urea groups is 1. The summed E-state index contributed by atoms with van der Waals surface area (Å²) in [7, 11) is 0. The lowest BCUT2D eigenvalue weighted by Crippen LogP contribution is -2.44. The van der Waals surface area contributed by atoms with Crippen LogP contribution in [0.15, 0.2) is 48.5 Å². The molecule has 2 rings (SSSR count). The van der Waals surface area contributed by atoms with Crippen molar-refractivity contribution in [1.82, 2.24) is 10.6 Å². The maximum atomic E-state index is 12.5. The number of carbonyl (C=O) groups excluding carboxylic acids is 3. The number of amides is 3. The van der Waals surface area contributed by atoms with E-state index in [1.54, 1.807) is 55.5 Å². The molecular formula is C21H21N3O4. The summed E-state index contributed by atoms with van der Waals surface area (Å²) in [5.41, 5.74) is 1.76. The molecule has 0 heterocycles. The highest BCUT2D eigenvalue weighted by atomic mass is 16.5. The summed E-state index contributed by atoms with van der Waals surface area (Å²) < 4.78 is 5.04. The van der Waals surface area contributed by atoms with Crippen LogP contribution < -0.4 is 10.6 Å². The van der Waals surface area contributed by atoms with Crippen molar-refractivity contribution < 1.29 is 19.1 Å². The predicted molar refractivity (Wildman–Crippen MR) is 103 cm³/mol. The van der Waals surface area contributed by atoms with Gasteiger partial charge in [-0.2, -0.15) is 5.26 Å². The SMILES string of the molecule is CC[C@H](C)NC(=O)NC(=O)COC(=O)c1ccccc1-c1ccccc1C#N. The van der Waals surface area contributed by atoms with Gasteiger partial charge in [0.05, 0.1) is 17.2 Å². The summed E-state index contributed by atoms with van der Waals surface area (Å²) in [5.74, 6) is -1.45. The van der Waals surface area contributed by atoms with Crippen LogP contribution in [0.4, 0.5) is 4.79 Å². The highest BCUT2D eigenvalue weighted by Gasteiger charge is 2.18. The van der Waals surface area contributed by atoms with E-state index in [9.17, 15) is 19.6 Å². The van der Waals surface area contributed by atoms with Crippen molar-refractivity contribution in [1.29, 1.82) is 5.26 Å². The number of esters is 1. The van der Waals surface area contributed by atoms with E-state index in [0.29, 0.717) is 16.7 Å². The minimum atomic E-state index is -0.732. The molecule has 0 unspecified atom stereocenters. The zero-order valence-electron chi connectivity index (χ0n) is 15.7. The second-order valence-corrected chi connectivity index (χ2v) is 6.11. The van der Waals surface area contributed by atoms with Crippen molar-refractivity contribution in [3.05, 3.63) is 59.7 Å². The largest absolute Gasteiger partial charge is 0.452 e. The monoisotopic (exact) mass is 379 g/mol. The molecule has 0 saturated carbocycles. The van der Waals surface area contributed by atoms with E-state index >= 15 is 0 Å². The van der Waals surface area contributed by atoms with Gasteiger partial charge >= 0.3 is 12.0 Å².